The summed E-state index contributed by atoms with van der Waals surface area (Å²) in [6, 6.07) is 5.91. The molecule has 0 saturated carbocycles. The van der Waals surface area contributed by atoms with Crippen LogP contribution < -0.4 is 5.56 Å². The first-order chi connectivity index (χ1) is 11.3. The van der Waals surface area contributed by atoms with E-state index in [1.165, 1.54) is 11.3 Å². The van der Waals surface area contributed by atoms with Gasteiger partial charge in [0.25, 0.3) is 5.56 Å². The molecule has 0 bridgehead atoms. The number of ether oxygens (including phenoxy) is 1. The van der Waals surface area contributed by atoms with Gasteiger partial charge in [-0.3, -0.25) is 4.79 Å². The number of nitrogens with one attached hydrogen (secondary N) is 1. The van der Waals surface area contributed by atoms with Gasteiger partial charge in [0.1, 0.15) is 17.3 Å². The molecule has 0 unspecified atom stereocenters. The third-order valence-electron chi connectivity index (χ3n) is 3.15. The van der Waals surface area contributed by atoms with Crippen LogP contribution in [0.4, 0.5) is 13.2 Å². The van der Waals surface area contributed by atoms with Crippen LogP contribution in [0.15, 0.2) is 40.5 Å². The average Bonchev–Trinajstić information content (AvgIpc) is 3.05. The molecule has 9 heteroatoms. The van der Waals surface area contributed by atoms with Crippen LogP contribution in [0.25, 0.3) is 10.9 Å². The summed E-state index contributed by atoms with van der Waals surface area (Å²) < 4.78 is 43.2. The molecule has 0 aliphatic rings. The van der Waals surface area contributed by atoms with E-state index in [0.29, 0.717) is 4.88 Å². The summed E-state index contributed by atoms with van der Waals surface area (Å²) in [7, 11) is 0. The SMILES string of the molecule is O=C(OCc1nc2cc(C(F)(F)F)ccc2c(=O)[nH]1)c1cccs1. The number of carbonyl (C=O) groups is 1. The van der Waals surface area contributed by atoms with E-state index in [0.717, 1.165) is 18.2 Å². The third kappa shape index (κ3) is 3.30. The van der Waals surface area contributed by atoms with Gasteiger partial charge in [0.15, 0.2) is 0 Å². The first-order valence-electron chi connectivity index (χ1n) is 6.65. The van der Waals surface area contributed by atoms with Gasteiger partial charge in [-0.2, -0.15) is 13.2 Å². The molecule has 3 aromatic rings. The number of hydrogen-bond acceptors (Lipinski definition) is 5. The minimum Gasteiger partial charge on any atom is -0.453 e. The molecule has 0 aliphatic carbocycles. The Morgan fingerprint density at radius 3 is 2.75 bits per heavy atom. The van der Waals surface area contributed by atoms with Crippen molar-refractivity contribution in [3.8, 4) is 0 Å². The minimum atomic E-state index is -4.54. The fourth-order valence-corrected chi connectivity index (χ4v) is 2.65. The Labute approximate surface area is 136 Å². The van der Waals surface area contributed by atoms with E-state index < -0.39 is 23.3 Å². The van der Waals surface area contributed by atoms with Crippen LogP contribution in [-0.2, 0) is 17.5 Å². The topological polar surface area (TPSA) is 72.0 Å². The van der Waals surface area contributed by atoms with Gasteiger partial charge in [-0.05, 0) is 29.6 Å². The van der Waals surface area contributed by atoms with Gasteiger partial charge in [0.2, 0.25) is 0 Å². The highest BCUT2D eigenvalue weighted by atomic mass is 32.1. The number of alkyl halides is 3. The van der Waals surface area contributed by atoms with Crippen molar-refractivity contribution in [1.29, 1.82) is 0 Å². The second-order valence-electron chi connectivity index (χ2n) is 4.80. The molecule has 1 aromatic carbocycles. The van der Waals surface area contributed by atoms with Crippen LogP contribution in [-0.4, -0.2) is 15.9 Å². The number of halogens is 3. The van der Waals surface area contributed by atoms with Crippen LogP contribution in [0.2, 0.25) is 0 Å². The first kappa shape index (κ1) is 16.2. The molecule has 0 spiro atoms. The Morgan fingerprint density at radius 1 is 1.29 bits per heavy atom. The van der Waals surface area contributed by atoms with E-state index in [1.807, 2.05) is 0 Å². The van der Waals surface area contributed by atoms with Crippen LogP contribution >= 0.6 is 11.3 Å². The predicted octanol–water partition coefficient (Wildman–Crippen LogP) is 3.36. The second kappa shape index (κ2) is 6.08. The van der Waals surface area contributed by atoms with Gasteiger partial charge < -0.3 is 9.72 Å². The molecule has 3 rings (SSSR count). The molecule has 0 aliphatic heterocycles. The van der Waals surface area contributed by atoms with Crippen molar-refractivity contribution in [3.05, 3.63) is 62.3 Å². The number of benzene rings is 1. The predicted molar refractivity (Wildman–Crippen MR) is 80.8 cm³/mol. The number of aromatic amines is 1. The Balaban J connectivity index is 1.89. The second-order valence-corrected chi connectivity index (χ2v) is 5.74. The Kier molecular flexibility index (Phi) is 4.10. The van der Waals surface area contributed by atoms with Gasteiger partial charge in [0.05, 0.1) is 16.5 Å². The van der Waals surface area contributed by atoms with E-state index >= 15 is 0 Å². The maximum atomic E-state index is 12.7. The smallest absolute Gasteiger partial charge is 0.416 e. The summed E-state index contributed by atoms with van der Waals surface area (Å²) in [6.07, 6.45) is -4.54. The number of fused-ring (bicyclic) bond motifs is 1. The highest BCUT2D eigenvalue weighted by Gasteiger charge is 2.30. The Bertz CT molecular complexity index is 949. The summed E-state index contributed by atoms with van der Waals surface area (Å²) >= 11 is 1.18. The fraction of sp³-hybridized carbons (Fsp3) is 0.133. The zero-order chi connectivity index (χ0) is 17.3. The lowest BCUT2D eigenvalue weighted by Crippen LogP contribution is -2.15. The maximum Gasteiger partial charge on any atom is 0.416 e. The average molecular weight is 354 g/mol. The number of esters is 1. The maximum absolute atomic E-state index is 12.7. The van der Waals surface area contributed by atoms with E-state index in [2.05, 4.69) is 9.97 Å². The number of nitrogens with zero attached hydrogens (tertiary/aromatic N) is 1. The lowest BCUT2D eigenvalue weighted by atomic mass is 10.1. The van der Waals surface area contributed by atoms with E-state index in [4.69, 9.17) is 4.74 Å². The molecule has 0 saturated heterocycles. The molecule has 0 atom stereocenters. The van der Waals surface area contributed by atoms with Crippen molar-refractivity contribution in [2.24, 2.45) is 0 Å². The van der Waals surface area contributed by atoms with Crippen molar-refractivity contribution >= 4 is 28.2 Å². The minimum absolute atomic E-state index is 0.0244. The molecule has 0 fully saturated rings. The summed E-state index contributed by atoms with van der Waals surface area (Å²) in [5, 5.41) is 1.72. The van der Waals surface area contributed by atoms with Gasteiger partial charge in [-0.25, -0.2) is 9.78 Å². The molecule has 1 N–H and O–H groups in total. The molecule has 2 aromatic heterocycles. The number of aromatic nitrogens is 2. The van der Waals surface area contributed by atoms with Crippen LogP contribution in [0.5, 0.6) is 0 Å². The number of rotatable bonds is 3. The van der Waals surface area contributed by atoms with E-state index in [-0.39, 0.29) is 23.3 Å². The molecule has 24 heavy (non-hydrogen) atoms. The van der Waals surface area contributed by atoms with E-state index in [1.54, 1.807) is 17.5 Å². The normalized spacial score (nSPS) is 11.6. The zero-order valence-electron chi connectivity index (χ0n) is 11.9. The first-order valence-corrected chi connectivity index (χ1v) is 7.53. The standard InChI is InChI=1S/C15H9F3N2O3S/c16-15(17,18)8-3-4-9-10(6-8)19-12(20-13(9)21)7-23-14(22)11-2-1-5-24-11/h1-6H,7H2,(H,19,20,21). The van der Waals surface area contributed by atoms with Crippen LogP contribution in [0.3, 0.4) is 0 Å². The highest BCUT2D eigenvalue weighted by Crippen LogP contribution is 2.30. The van der Waals surface area contributed by atoms with E-state index in [9.17, 15) is 22.8 Å². The zero-order valence-corrected chi connectivity index (χ0v) is 12.7. The van der Waals surface area contributed by atoms with Crippen molar-refractivity contribution in [1.82, 2.24) is 9.97 Å². The third-order valence-corrected chi connectivity index (χ3v) is 4.00. The highest BCUT2D eigenvalue weighted by molar-refractivity contribution is 7.11. The molecular formula is C15H9F3N2O3S. The lowest BCUT2D eigenvalue weighted by Gasteiger charge is -2.08. The van der Waals surface area contributed by atoms with Gasteiger partial charge in [0, 0.05) is 0 Å². The van der Waals surface area contributed by atoms with Crippen molar-refractivity contribution in [3.63, 3.8) is 0 Å². The Morgan fingerprint density at radius 2 is 2.08 bits per heavy atom. The van der Waals surface area contributed by atoms with Crippen molar-refractivity contribution in [2.45, 2.75) is 12.8 Å². The van der Waals surface area contributed by atoms with Gasteiger partial charge in [-0.15, -0.1) is 11.3 Å². The number of hydrogen-bond donors (Lipinski definition) is 1. The largest absolute Gasteiger partial charge is 0.453 e. The molecular weight excluding hydrogens is 345 g/mol. The molecule has 2 heterocycles. The van der Waals surface area contributed by atoms with Crippen LogP contribution in [0, 0.1) is 0 Å². The summed E-state index contributed by atoms with van der Waals surface area (Å²) in [5.41, 5.74) is -1.62. The van der Waals surface area contributed by atoms with Crippen LogP contribution in [0.1, 0.15) is 21.1 Å². The van der Waals surface area contributed by atoms with Crippen molar-refractivity contribution in [2.75, 3.05) is 0 Å². The van der Waals surface area contributed by atoms with Crippen molar-refractivity contribution < 1.29 is 22.7 Å². The molecule has 0 radical (unpaired) electrons. The lowest BCUT2D eigenvalue weighted by molar-refractivity contribution is -0.137. The molecule has 124 valence electrons. The quantitative estimate of drug-likeness (QED) is 0.732. The monoisotopic (exact) mass is 354 g/mol. The molecule has 0 amide bonds. The molecule has 5 nitrogen and oxygen atoms in total. The van der Waals surface area contributed by atoms with Gasteiger partial charge >= 0.3 is 12.1 Å². The summed E-state index contributed by atoms with van der Waals surface area (Å²) in [6.45, 7) is -0.349. The van der Waals surface area contributed by atoms with Gasteiger partial charge in [-0.1, -0.05) is 6.07 Å². The Hall–Kier alpha value is -2.68. The fourth-order valence-electron chi connectivity index (χ4n) is 2.03. The number of carbonyl (C=O) groups excluding carboxylic acids is 1. The summed E-state index contributed by atoms with van der Waals surface area (Å²) in [4.78, 5) is 30.3. The number of H-pyrrole nitrogens is 1. The number of thiophene rings is 1. The summed E-state index contributed by atoms with van der Waals surface area (Å²) in [5.74, 6) is -0.631.